The van der Waals surface area contributed by atoms with Crippen molar-refractivity contribution in [2.45, 2.75) is 32.9 Å². The molecule has 0 aliphatic carbocycles. The lowest BCUT2D eigenvalue weighted by Crippen LogP contribution is -2.64. The van der Waals surface area contributed by atoms with E-state index >= 15 is 0 Å². The maximum atomic E-state index is 13.6. The van der Waals surface area contributed by atoms with Crippen LogP contribution in [-0.2, 0) is 9.59 Å². The van der Waals surface area contributed by atoms with Crippen LogP contribution in [0, 0.1) is 11.7 Å². The monoisotopic (exact) mass is 298 g/mol. The normalized spacial score (nSPS) is 23.2. The number of hydrogen-bond donors (Lipinski definition) is 1. The fourth-order valence-electron chi connectivity index (χ4n) is 2.23. The van der Waals surface area contributed by atoms with E-state index in [2.05, 4.69) is 5.32 Å². The minimum atomic E-state index is -0.682. The number of benzene rings is 1. The van der Waals surface area contributed by atoms with Crippen LogP contribution < -0.4 is 10.2 Å². The van der Waals surface area contributed by atoms with E-state index in [0.29, 0.717) is 5.69 Å². The van der Waals surface area contributed by atoms with E-state index < -0.39 is 17.9 Å². The van der Waals surface area contributed by atoms with E-state index in [-0.39, 0.29) is 22.8 Å². The lowest BCUT2D eigenvalue weighted by atomic mass is 9.98. The molecule has 0 aromatic heterocycles. The summed E-state index contributed by atoms with van der Waals surface area (Å²) in [6, 6.07) is 2.81. The van der Waals surface area contributed by atoms with Crippen LogP contribution in [0.1, 0.15) is 20.8 Å². The van der Waals surface area contributed by atoms with Crippen molar-refractivity contribution in [2.24, 2.45) is 5.92 Å². The average Bonchev–Trinajstić information content (AvgIpc) is 2.38. The highest BCUT2D eigenvalue weighted by Crippen LogP contribution is 2.27. The minimum absolute atomic E-state index is 0.0178. The maximum Gasteiger partial charge on any atom is 0.250 e. The summed E-state index contributed by atoms with van der Waals surface area (Å²) >= 11 is 5.64. The summed E-state index contributed by atoms with van der Waals surface area (Å²) in [6.07, 6.45) is 0. The number of hydrogen-bond acceptors (Lipinski definition) is 2. The number of anilines is 1. The van der Waals surface area contributed by atoms with Gasteiger partial charge in [0.05, 0.1) is 5.02 Å². The van der Waals surface area contributed by atoms with Crippen molar-refractivity contribution in [1.82, 2.24) is 5.32 Å². The molecule has 0 spiro atoms. The van der Waals surface area contributed by atoms with Crippen molar-refractivity contribution in [2.75, 3.05) is 4.90 Å². The first-order valence-electron chi connectivity index (χ1n) is 6.41. The molecule has 0 saturated carbocycles. The molecule has 1 fully saturated rings. The maximum absolute atomic E-state index is 13.6. The van der Waals surface area contributed by atoms with Gasteiger partial charge in [-0.1, -0.05) is 25.4 Å². The number of rotatable bonds is 2. The van der Waals surface area contributed by atoms with Crippen LogP contribution in [0.3, 0.4) is 0 Å². The zero-order valence-corrected chi connectivity index (χ0v) is 12.2. The highest BCUT2D eigenvalue weighted by Gasteiger charge is 2.40. The molecule has 108 valence electrons. The number of piperazine rings is 1. The topological polar surface area (TPSA) is 49.4 Å². The molecule has 0 bridgehead atoms. The van der Waals surface area contributed by atoms with E-state index in [1.165, 1.54) is 23.1 Å². The van der Waals surface area contributed by atoms with E-state index in [9.17, 15) is 14.0 Å². The molecule has 2 rings (SSSR count). The van der Waals surface area contributed by atoms with Crippen LogP contribution in [0.2, 0.25) is 5.02 Å². The first kappa shape index (κ1) is 14.8. The lowest BCUT2D eigenvalue weighted by molar-refractivity contribution is -0.134. The average molecular weight is 299 g/mol. The van der Waals surface area contributed by atoms with Crippen LogP contribution in [-0.4, -0.2) is 23.9 Å². The van der Waals surface area contributed by atoms with Crippen molar-refractivity contribution in [3.8, 4) is 0 Å². The molecular formula is C14H16ClFN2O2. The predicted molar refractivity (Wildman–Crippen MR) is 75.1 cm³/mol. The van der Waals surface area contributed by atoms with Gasteiger partial charge in [-0.25, -0.2) is 4.39 Å². The van der Waals surface area contributed by atoms with Crippen molar-refractivity contribution in [3.05, 3.63) is 29.0 Å². The molecule has 4 nitrogen and oxygen atoms in total. The molecule has 1 aromatic rings. The Morgan fingerprint density at radius 3 is 2.55 bits per heavy atom. The Bertz CT molecular complexity index is 562. The van der Waals surface area contributed by atoms with Gasteiger partial charge in [-0.2, -0.15) is 0 Å². The van der Waals surface area contributed by atoms with Crippen molar-refractivity contribution >= 4 is 29.1 Å². The lowest BCUT2D eigenvalue weighted by Gasteiger charge is -2.38. The van der Waals surface area contributed by atoms with Gasteiger partial charge in [-0.05, 0) is 31.0 Å². The number of carbonyl (C=O) groups is 2. The molecule has 1 aromatic carbocycles. The zero-order chi connectivity index (χ0) is 15.0. The summed E-state index contributed by atoms with van der Waals surface area (Å²) in [5.41, 5.74) is 0.338. The van der Waals surface area contributed by atoms with E-state index in [4.69, 9.17) is 11.6 Å². The van der Waals surface area contributed by atoms with Gasteiger partial charge >= 0.3 is 0 Å². The SMILES string of the molecule is CC(C)C1NC(=O)C(C)N(c2ccc(Cl)c(F)c2)C1=O. The summed E-state index contributed by atoms with van der Waals surface area (Å²) < 4.78 is 13.6. The second-order valence-electron chi connectivity index (χ2n) is 5.21. The van der Waals surface area contributed by atoms with Gasteiger partial charge in [0.2, 0.25) is 5.91 Å². The van der Waals surface area contributed by atoms with Crippen LogP contribution >= 0.6 is 11.6 Å². The quantitative estimate of drug-likeness (QED) is 0.911. The van der Waals surface area contributed by atoms with E-state index in [1.54, 1.807) is 6.92 Å². The minimum Gasteiger partial charge on any atom is -0.342 e. The van der Waals surface area contributed by atoms with Crippen LogP contribution in [0.4, 0.5) is 10.1 Å². The molecular weight excluding hydrogens is 283 g/mol. The van der Waals surface area contributed by atoms with E-state index in [1.807, 2.05) is 13.8 Å². The van der Waals surface area contributed by atoms with Gasteiger partial charge < -0.3 is 5.32 Å². The Labute approximate surface area is 121 Å². The summed E-state index contributed by atoms with van der Waals surface area (Å²) in [6.45, 7) is 5.30. The summed E-state index contributed by atoms with van der Waals surface area (Å²) in [5, 5.41) is 2.67. The molecule has 2 unspecified atom stereocenters. The number of carbonyl (C=O) groups excluding carboxylic acids is 2. The second kappa shape index (κ2) is 5.40. The first-order chi connectivity index (χ1) is 9.32. The van der Waals surface area contributed by atoms with Crippen LogP contribution in [0.15, 0.2) is 18.2 Å². The van der Waals surface area contributed by atoms with Crippen molar-refractivity contribution in [3.63, 3.8) is 0 Å². The number of nitrogens with one attached hydrogen (secondary N) is 1. The third-order valence-electron chi connectivity index (χ3n) is 3.42. The Balaban J connectivity index is 2.43. The molecule has 2 atom stereocenters. The third-order valence-corrected chi connectivity index (χ3v) is 3.72. The van der Waals surface area contributed by atoms with Crippen LogP contribution in [0.25, 0.3) is 0 Å². The van der Waals surface area contributed by atoms with Gasteiger partial charge in [-0.15, -0.1) is 0 Å². The van der Waals surface area contributed by atoms with Gasteiger partial charge in [0.15, 0.2) is 0 Å². The fourth-order valence-corrected chi connectivity index (χ4v) is 2.35. The molecule has 1 aliphatic heterocycles. The Morgan fingerprint density at radius 2 is 2.00 bits per heavy atom. The fraction of sp³-hybridized carbons (Fsp3) is 0.429. The van der Waals surface area contributed by atoms with Gasteiger partial charge in [0, 0.05) is 5.69 Å². The van der Waals surface area contributed by atoms with Gasteiger partial charge in [0.25, 0.3) is 5.91 Å². The molecule has 6 heteroatoms. The van der Waals surface area contributed by atoms with Gasteiger partial charge in [-0.3, -0.25) is 14.5 Å². The third kappa shape index (κ3) is 2.50. The summed E-state index contributed by atoms with van der Waals surface area (Å²) in [4.78, 5) is 25.8. The number of amides is 2. The zero-order valence-electron chi connectivity index (χ0n) is 11.5. The largest absolute Gasteiger partial charge is 0.342 e. The molecule has 0 radical (unpaired) electrons. The number of halogens is 2. The second-order valence-corrected chi connectivity index (χ2v) is 5.62. The highest BCUT2D eigenvalue weighted by molar-refractivity contribution is 6.30. The Hall–Kier alpha value is -1.62. The molecule has 1 N–H and O–H groups in total. The van der Waals surface area contributed by atoms with Crippen molar-refractivity contribution in [1.29, 1.82) is 0 Å². The smallest absolute Gasteiger partial charge is 0.250 e. The summed E-state index contributed by atoms with van der Waals surface area (Å²) in [5.74, 6) is -1.15. The Kier molecular flexibility index (Phi) is 3.99. The molecule has 1 heterocycles. The van der Waals surface area contributed by atoms with Crippen molar-refractivity contribution < 1.29 is 14.0 Å². The highest BCUT2D eigenvalue weighted by atomic mass is 35.5. The predicted octanol–water partition coefficient (Wildman–Crippen LogP) is 2.36. The van der Waals surface area contributed by atoms with E-state index in [0.717, 1.165) is 0 Å². The molecule has 1 aliphatic rings. The first-order valence-corrected chi connectivity index (χ1v) is 6.79. The standard InChI is InChI=1S/C14H16ClFN2O2/c1-7(2)12-14(20)18(8(3)13(19)17-12)9-4-5-10(15)11(16)6-9/h4-8,12H,1-3H3,(H,17,19). The van der Waals surface area contributed by atoms with Crippen LogP contribution in [0.5, 0.6) is 0 Å². The number of nitrogens with zero attached hydrogens (tertiary/aromatic N) is 1. The van der Waals surface area contributed by atoms with Gasteiger partial charge in [0.1, 0.15) is 17.9 Å². The Morgan fingerprint density at radius 1 is 1.35 bits per heavy atom. The molecule has 1 saturated heterocycles. The summed E-state index contributed by atoms with van der Waals surface area (Å²) in [7, 11) is 0. The molecule has 2 amide bonds. The molecule has 20 heavy (non-hydrogen) atoms.